The zero-order valence-electron chi connectivity index (χ0n) is 16.5. The summed E-state index contributed by atoms with van der Waals surface area (Å²) in [5.41, 5.74) is 3.12. The van der Waals surface area contributed by atoms with E-state index in [-0.39, 0.29) is 30.2 Å². The molecule has 1 heterocycles. The van der Waals surface area contributed by atoms with Crippen LogP contribution in [0.15, 0.2) is 48.5 Å². The molecule has 1 aliphatic carbocycles. The van der Waals surface area contributed by atoms with Crippen molar-refractivity contribution in [3.63, 3.8) is 0 Å². The number of hydrogen-bond donors (Lipinski definition) is 2. The number of aryl methyl sites for hydroxylation is 1. The molecule has 0 spiro atoms. The maximum atomic E-state index is 12.7. The molecule has 0 unspecified atom stereocenters. The molecule has 3 amide bonds. The average molecular weight is 391 g/mol. The van der Waals surface area contributed by atoms with Gasteiger partial charge in [-0.05, 0) is 55.2 Å². The smallest absolute Gasteiger partial charge is 0.251 e. The van der Waals surface area contributed by atoms with Crippen molar-refractivity contribution in [2.45, 2.75) is 38.6 Å². The van der Waals surface area contributed by atoms with E-state index in [4.69, 9.17) is 0 Å². The summed E-state index contributed by atoms with van der Waals surface area (Å²) in [7, 11) is 0. The first-order valence-electron chi connectivity index (χ1n) is 10.1. The fraction of sp³-hybridized carbons (Fsp3) is 0.348. The van der Waals surface area contributed by atoms with Crippen molar-refractivity contribution in [2.24, 2.45) is 5.92 Å². The van der Waals surface area contributed by atoms with Gasteiger partial charge in [0.25, 0.3) is 5.91 Å². The summed E-state index contributed by atoms with van der Waals surface area (Å²) in [6.45, 7) is 2.44. The van der Waals surface area contributed by atoms with Crippen molar-refractivity contribution in [3.8, 4) is 0 Å². The minimum atomic E-state index is -0.419. The van der Waals surface area contributed by atoms with Crippen molar-refractivity contribution in [1.82, 2.24) is 5.32 Å². The molecular weight excluding hydrogens is 366 g/mol. The Morgan fingerprint density at radius 2 is 1.86 bits per heavy atom. The second-order valence-electron chi connectivity index (χ2n) is 7.74. The minimum Gasteiger partial charge on any atom is -0.349 e. The summed E-state index contributed by atoms with van der Waals surface area (Å²) < 4.78 is 0. The third kappa shape index (κ3) is 4.47. The van der Waals surface area contributed by atoms with E-state index in [2.05, 4.69) is 17.6 Å². The third-order valence-electron chi connectivity index (χ3n) is 5.46. The molecule has 2 fully saturated rings. The molecule has 1 aliphatic heterocycles. The van der Waals surface area contributed by atoms with Gasteiger partial charge in [-0.1, -0.05) is 25.1 Å². The minimum absolute atomic E-state index is 0.0491. The van der Waals surface area contributed by atoms with Gasteiger partial charge < -0.3 is 15.5 Å². The highest BCUT2D eigenvalue weighted by Gasteiger charge is 2.35. The number of carbonyl (C=O) groups is 3. The van der Waals surface area contributed by atoms with Gasteiger partial charge in [-0.2, -0.15) is 0 Å². The van der Waals surface area contributed by atoms with Crippen LogP contribution < -0.4 is 15.5 Å². The monoisotopic (exact) mass is 391 g/mol. The number of anilines is 2. The van der Waals surface area contributed by atoms with Crippen molar-refractivity contribution in [2.75, 3.05) is 16.8 Å². The van der Waals surface area contributed by atoms with Crippen molar-refractivity contribution < 1.29 is 14.4 Å². The zero-order chi connectivity index (χ0) is 20.4. The predicted molar refractivity (Wildman–Crippen MR) is 112 cm³/mol. The second-order valence-corrected chi connectivity index (χ2v) is 7.74. The van der Waals surface area contributed by atoms with E-state index in [1.807, 2.05) is 24.3 Å². The predicted octanol–water partition coefficient (Wildman–Crippen LogP) is 3.13. The van der Waals surface area contributed by atoms with E-state index in [9.17, 15) is 14.4 Å². The number of amides is 3. The lowest BCUT2D eigenvalue weighted by atomic mass is 10.1. The first-order chi connectivity index (χ1) is 14.0. The highest BCUT2D eigenvalue weighted by Crippen LogP contribution is 2.27. The number of rotatable bonds is 6. The summed E-state index contributed by atoms with van der Waals surface area (Å²) in [5.74, 6) is -0.795. The van der Waals surface area contributed by atoms with Crippen LogP contribution in [0.3, 0.4) is 0 Å². The van der Waals surface area contributed by atoms with Crippen LogP contribution in [0.25, 0.3) is 0 Å². The molecule has 2 aromatic rings. The first-order valence-corrected chi connectivity index (χ1v) is 10.1. The molecule has 0 bridgehead atoms. The maximum Gasteiger partial charge on any atom is 0.251 e. The first kappa shape index (κ1) is 19.2. The number of nitrogens with zero attached hydrogens (tertiary/aromatic N) is 1. The number of benzene rings is 2. The van der Waals surface area contributed by atoms with Crippen LogP contribution in [0.2, 0.25) is 0 Å². The molecule has 1 atom stereocenters. The quantitative estimate of drug-likeness (QED) is 0.794. The van der Waals surface area contributed by atoms with Crippen LogP contribution in [-0.2, 0) is 16.0 Å². The fourth-order valence-electron chi connectivity index (χ4n) is 3.52. The van der Waals surface area contributed by atoms with E-state index in [0.29, 0.717) is 17.8 Å². The molecule has 1 saturated heterocycles. The Morgan fingerprint density at radius 3 is 2.55 bits per heavy atom. The van der Waals surface area contributed by atoms with Crippen LogP contribution in [0.4, 0.5) is 11.4 Å². The molecule has 0 aromatic heterocycles. The van der Waals surface area contributed by atoms with Crippen molar-refractivity contribution in [1.29, 1.82) is 0 Å². The summed E-state index contributed by atoms with van der Waals surface area (Å²) in [6.07, 6.45) is 3.17. The van der Waals surface area contributed by atoms with Gasteiger partial charge in [-0.15, -0.1) is 0 Å². The second kappa shape index (κ2) is 8.07. The lowest BCUT2D eigenvalue weighted by Crippen LogP contribution is -2.28. The number of nitrogens with one attached hydrogen (secondary N) is 2. The Balaban J connectivity index is 1.39. The van der Waals surface area contributed by atoms with E-state index in [1.165, 1.54) is 5.56 Å². The molecule has 2 aliphatic rings. The van der Waals surface area contributed by atoms with Gasteiger partial charge in [-0.25, -0.2) is 0 Å². The summed E-state index contributed by atoms with van der Waals surface area (Å²) >= 11 is 0. The normalized spacial score (nSPS) is 18.6. The Labute approximate surface area is 170 Å². The van der Waals surface area contributed by atoms with Gasteiger partial charge >= 0.3 is 0 Å². The lowest BCUT2D eigenvalue weighted by molar-refractivity contribution is -0.122. The van der Waals surface area contributed by atoms with Crippen LogP contribution in [-0.4, -0.2) is 30.3 Å². The van der Waals surface area contributed by atoms with Crippen LogP contribution in [0, 0.1) is 5.92 Å². The van der Waals surface area contributed by atoms with Crippen LogP contribution in [0.5, 0.6) is 0 Å². The van der Waals surface area contributed by atoms with Crippen LogP contribution in [0.1, 0.15) is 42.1 Å². The molecular formula is C23H25N3O3. The molecule has 6 heteroatoms. The molecule has 6 nitrogen and oxygen atoms in total. The van der Waals surface area contributed by atoms with E-state index >= 15 is 0 Å². The Hall–Kier alpha value is -3.15. The maximum absolute atomic E-state index is 12.7. The molecule has 1 saturated carbocycles. The van der Waals surface area contributed by atoms with Gasteiger partial charge in [-0.3, -0.25) is 14.4 Å². The topological polar surface area (TPSA) is 78.5 Å². The SMILES string of the molecule is CCc1ccc(N2C[C@H](C(=O)Nc3cccc(C(=O)NC4CC4)c3)CC2=O)cc1. The third-order valence-corrected chi connectivity index (χ3v) is 5.46. The molecule has 2 N–H and O–H groups in total. The zero-order valence-corrected chi connectivity index (χ0v) is 16.5. The van der Waals surface area contributed by atoms with Crippen molar-refractivity contribution >= 4 is 29.1 Å². The summed E-state index contributed by atoms with van der Waals surface area (Å²) in [4.78, 5) is 39.0. The summed E-state index contributed by atoms with van der Waals surface area (Å²) in [5, 5.41) is 5.80. The molecule has 29 heavy (non-hydrogen) atoms. The van der Waals surface area contributed by atoms with Gasteiger partial charge in [0.05, 0.1) is 5.92 Å². The standard InChI is InChI=1S/C23H25N3O3/c1-2-15-6-10-20(11-7-15)26-14-17(13-21(26)27)23(29)25-19-5-3-4-16(12-19)22(28)24-18-8-9-18/h3-7,10-12,17-18H,2,8-9,13-14H2,1H3,(H,24,28)(H,25,29)/t17-/m1/s1. The molecule has 150 valence electrons. The fourth-order valence-corrected chi connectivity index (χ4v) is 3.52. The molecule has 2 aromatic carbocycles. The molecule has 4 rings (SSSR count). The Morgan fingerprint density at radius 1 is 1.10 bits per heavy atom. The largest absolute Gasteiger partial charge is 0.349 e. The highest BCUT2D eigenvalue weighted by atomic mass is 16.2. The van der Waals surface area contributed by atoms with Gasteiger partial charge in [0.1, 0.15) is 0 Å². The average Bonchev–Trinajstić information content (AvgIpc) is 3.46. The van der Waals surface area contributed by atoms with E-state index in [1.54, 1.807) is 29.2 Å². The summed E-state index contributed by atoms with van der Waals surface area (Å²) in [6, 6.07) is 15.1. The van der Waals surface area contributed by atoms with E-state index in [0.717, 1.165) is 24.9 Å². The van der Waals surface area contributed by atoms with Gasteiger partial charge in [0, 0.05) is 35.9 Å². The van der Waals surface area contributed by atoms with Gasteiger partial charge in [0.2, 0.25) is 11.8 Å². The Kier molecular flexibility index (Phi) is 5.34. The lowest BCUT2D eigenvalue weighted by Gasteiger charge is -2.17. The van der Waals surface area contributed by atoms with Crippen molar-refractivity contribution in [3.05, 3.63) is 59.7 Å². The highest BCUT2D eigenvalue weighted by molar-refractivity contribution is 6.04. The van der Waals surface area contributed by atoms with Gasteiger partial charge in [0.15, 0.2) is 0 Å². The number of carbonyl (C=O) groups excluding carboxylic acids is 3. The van der Waals surface area contributed by atoms with Crippen LogP contribution >= 0.6 is 0 Å². The Bertz CT molecular complexity index is 935. The number of hydrogen-bond acceptors (Lipinski definition) is 3. The van der Waals surface area contributed by atoms with E-state index < -0.39 is 5.92 Å². The molecule has 0 radical (unpaired) electrons.